The highest BCUT2D eigenvalue weighted by atomic mass is 16.5. The normalized spacial score (nSPS) is 14.9. The zero-order chi connectivity index (χ0) is 22.5. The Labute approximate surface area is 183 Å². The molecule has 0 unspecified atom stereocenters. The van der Waals surface area contributed by atoms with Crippen LogP contribution in [0.5, 0.6) is 5.75 Å². The van der Waals surface area contributed by atoms with Gasteiger partial charge in [-0.05, 0) is 68.8 Å². The van der Waals surface area contributed by atoms with E-state index < -0.39 is 5.97 Å². The molecule has 6 heteroatoms. The molecule has 0 saturated heterocycles. The Hall–Kier alpha value is -3.54. The van der Waals surface area contributed by atoms with Crippen LogP contribution in [-0.2, 0) is 14.3 Å². The first-order valence-corrected chi connectivity index (χ1v) is 10.3. The number of ether oxygens (including phenoxy) is 2. The highest BCUT2D eigenvalue weighted by Gasteiger charge is 2.38. The predicted molar refractivity (Wildman–Crippen MR) is 123 cm³/mol. The van der Waals surface area contributed by atoms with Crippen LogP contribution < -0.4 is 14.5 Å². The van der Waals surface area contributed by atoms with Crippen molar-refractivity contribution in [1.29, 1.82) is 0 Å². The Kier molecular flexibility index (Phi) is 6.80. The molecule has 0 spiro atoms. The third-order valence-electron chi connectivity index (χ3n) is 5.01. The van der Waals surface area contributed by atoms with E-state index in [1.165, 1.54) is 0 Å². The number of hydrogen-bond acceptors (Lipinski definition) is 5. The fraction of sp³-hybridized carbons (Fsp3) is 0.280. The van der Waals surface area contributed by atoms with E-state index in [0.717, 1.165) is 17.0 Å². The van der Waals surface area contributed by atoms with E-state index in [2.05, 4.69) is 0 Å². The predicted octanol–water partition coefficient (Wildman–Crippen LogP) is 4.42. The number of hydrogen-bond donors (Lipinski definition) is 0. The van der Waals surface area contributed by atoms with Gasteiger partial charge in [-0.15, -0.1) is 0 Å². The molecule has 2 aromatic rings. The number of amides is 1. The number of carbonyl (C=O) groups is 2. The van der Waals surface area contributed by atoms with Gasteiger partial charge in [0.1, 0.15) is 5.75 Å². The topological polar surface area (TPSA) is 59.1 Å². The first-order chi connectivity index (χ1) is 14.9. The van der Waals surface area contributed by atoms with Gasteiger partial charge in [0.15, 0.2) is 0 Å². The van der Waals surface area contributed by atoms with E-state index in [1.807, 2.05) is 74.4 Å². The van der Waals surface area contributed by atoms with Gasteiger partial charge < -0.3 is 14.4 Å². The van der Waals surface area contributed by atoms with Crippen molar-refractivity contribution in [2.75, 3.05) is 37.1 Å². The minimum Gasteiger partial charge on any atom is -0.494 e. The average Bonchev–Trinajstić information content (AvgIpc) is 2.99. The third-order valence-corrected chi connectivity index (χ3v) is 5.01. The summed E-state index contributed by atoms with van der Waals surface area (Å²) < 4.78 is 10.7. The smallest absolute Gasteiger partial charge is 0.340 e. The van der Waals surface area contributed by atoms with Gasteiger partial charge in [0, 0.05) is 31.2 Å². The fourth-order valence-electron chi connectivity index (χ4n) is 3.49. The summed E-state index contributed by atoms with van der Waals surface area (Å²) in [6.07, 6.45) is 1.74. The Bertz CT molecular complexity index is 1020. The van der Waals surface area contributed by atoms with Crippen LogP contribution in [0.2, 0.25) is 0 Å². The van der Waals surface area contributed by atoms with Crippen molar-refractivity contribution in [3.63, 3.8) is 0 Å². The van der Waals surface area contributed by atoms with Crippen molar-refractivity contribution in [1.82, 2.24) is 0 Å². The van der Waals surface area contributed by atoms with Gasteiger partial charge in [-0.3, -0.25) is 9.69 Å². The number of nitrogens with zero attached hydrogens (tertiary/aromatic N) is 2. The van der Waals surface area contributed by atoms with Crippen molar-refractivity contribution in [3.8, 4) is 5.75 Å². The SMILES string of the molecule is CCOC(=O)C1=C(C)N(c2ccc(OCC)cc2)C(=O)/C1=C\c1ccc(N(C)C)cc1. The van der Waals surface area contributed by atoms with Gasteiger partial charge in [-0.25, -0.2) is 4.79 Å². The lowest BCUT2D eigenvalue weighted by Crippen LogP contribution is -2.24. The molecule has 0 fully saturated rings. The van der Waals surface area contributed by atoms with Crippen LogP contribution in [0.4, 0.5) is 11.4 Å². The Balaban J connectivity index is 2.03. The highest BCUT2D eigenvalue weighted by Crippen LogP contribution is 2.36. The molecular formula is C25H28N2O4. The monoisotopic (exact) mass is 420 g/mol. The zero-order valence-corrected chi connectivity index (χ0v) is 18.6. The number of rotatable bonds is 7. The van der Waals surface area contributed by atoms with Crippen LogP contribution in [0, 0.1) is 0 Å². The molecule has 1 aliphatic rings. The quantitative estimate of drug-likeness (QED) is 0.490. The molecule has 1 aliphatic heterocycles. The molecule has 31 heavy (non-hydrogen) atoms. The lowest BCUT2D eigenvalue weighted by molar-refractivity contribution is -0.138. The summed E-state index contributed by atoms with van der Waals surface area (Å²) in [6.45, 7) is 6.22. The van der Waals surface area contributed by atoms with E-state index in [9.17, 15) is 9.59 Å². The number of esters is 1. The van der Waals surface area contributed by atoms with E-state index in [4.69, 9.17) is 9.47 Å². The van der Waals surface area contributed by atoms with Crippen LogP contribution in [0.3, 0.4) is 0 Å². The molecule has 3 rings (SSSR count). The van der Waals surface area contributed by atoms with E-state index >= 15 is 0 Å². The second-order valence-electron chi connectivity index (χ2n) is 7.29. The lowest BCUT2D eigenvalue weighted by Gasteiger charge is -2.18. The maximum absolute atomic E-state index is 13.4. The second kappa shape index (κ2) is 9.51. The molecule has 0 bridgehead atoms. The molecule has 6 nitrogen and oxygen atoms in total. The minimum absolute atomic E-state index is 0.234. The molecule has 0 aromatic heterocycles. The third kappa shape index (κ3) is 4.63. The van der Waals surface area contributed by atoms with Gasteiger partial charge in [-0.2, -0.15) is 0 Å². The summed E-state index contributed by atoms with van der Waals surface area (Å²) in [7, 11) is 3.93. The standard InChI is InChI=1S/C25H28N2O4/c1-6-30-21-14-12-20(13-15-21)27-17(3)23(25(29)31-7-2)22(24(27)28)16-18-8-10-19(11-9-18)26(4)5/h8-16H,6-7H2,1-5H3/b22-16-. The molecule has 162 valence electrons. The van der Waals surface area contributed by atoms with E-state index in [1.54, 1.807) is 24.8 Å². The van der Waals surface area contributed by atoms with E-state index in [0.29, 0.717) is 23.6 Å². The number of anilines is 2. The second-order valence-corrected chi connectivity index (χ2v) is 7.29. The molecule has 1 heterocycles. The van der Waals surface area contributed by atoms with Gasteiger partial charge in [0.25, 0.3) is 5.91 Å². The van der Waals surface area contributed by atoms with Crippen LogP contribution in [0.25, 0.3) is 6.08 Å². The summed E-state index contributed by atoms with van der Waals surface area (Å²) in [5.74, 6) is -0.0405. The summed E-state index contributed by atoms with van der Waals surface area (Å²) in [4.78, 5) is 29.7. The maximum Gasteiger partial charge on any atom is 0.340 e. The van der Waals surface area contributed by atoms with Crippen molar-refractivity contribution in [2.45, 2.75) is 20.8 Å². The molecule has 0 N–H and O–H groups in total. The lowest BCUT2D eigenvalue weighted by atomic mass is 10.0. The van der Waals surface area contributed by atoms with Gasteiger partial charge in [0.05, 0.1) is 24.4 Å². The molecule has 0 saturated carbocycles. The summed E-state index contributed by atoms with van der Waals surface area (Å²) in [5.41, 5.74) is 3.70. The molecular weight excluding hydrogens is 392 g/mol. The fourth-order valence-corrected chi connectivity index (χ4v) is 3.49. The first-order valence-electron chi connectivity index (χ1n) is 10.3. The minimum atomic E-state index is -0.502. The van der Waals surface area contributed by atoms with Gasteiger partial charge in [-0.1, -0.05) is 12.1 Å². The number of carbonyl (C=O) groups excluding carboxylic acids is 2. The molecule has 0 aliphatic carbocycles. The average molecular weight is 421 g/mol. The molecule has 1 amide bonds. The van der Waals surface area contributed by atoms with Crippen LogP contribution >= 0.6 is 0 Å². The highest BCUT2D eigenvalue weighted by molar-refractivity contribution is 6.23. The Morgan fingerprint density at radius 3 is 2.19 bits per heavy atom. The van der Waals surface area contributed by atoms with Gasteiger partial charge >= 0.3 is 5.97 Å². The Morgan fingerprint density at radius 1 is 1.00 bits per heavy atom. The van der Waals surface area contributed by atoms with Crippen LogP contribution in [0.1, 0.15) is 26.3 Å². The summed E-state index contributed by atoms with van der Waals surface area (Å²) in [6, 6.07) is 15.0. The Morgan fingerprint density at radius 2 is 1.65 bits per heavy atom. The first kappa shape index (κ1) is 22.2. The van der Waals surface area contributed by atoms with Crippen molar-refractivity contribution >= 4 is 29.3 Å². The van der Waals surface area contributed by atoms with Crippen molar-refractivity contribution in [2.24, 2.45) is 0 Å². The largest absolute Gasteiger partial charge is 0.494 e. The van der Waals surface area contributed by atoms with Crippen molar-refractivity contribution < 1.29 is 19.1 Å². The summed E-state index contributed by atoms with van der Waals surface area (Å²) >= 11 is 0. The van der Waals surface area contributed by atoms with Crippen LogP contribution in [-0.4, -0.2) is 39.2 Å². The van der Waals surface area contributed by atoms with Gasteiger partial charge in [0.2, 0.25) is 0 Å². The zero-order valence-electron chi connectivity index (χ0n) is 18.6. The molecule has 0 atom stereocenters. The summed E-state index contributed by atoms with van der Waals surface area (Å²) in [5, 5.41) is 0. The van der Waals surface area contributed by atoms with Crippen LogP contribution in [0.15, 0.2) is 65.4 Å². The molecule has 2 aromatic carbocycles. The number of benzene rings is 2. The maximum atomic E-state index is 13.4. The molecule has 0 radical (unpaired) electrons. The van der Waals surface area contributed by atoms with E-state index in [-0.39, 0.29) is 18.1 Å². The van der Waals surface area contributed by atoms with Crippen molar-refractivity contribution in [3.05, 3.63) is 70.9 Å². The number of allylic oxidation sites excluding steroid dienone is 1.